The molecule has 0 spiro atoms. The molecule has 2 rings (SSSR count). The predicted octanol–water partition coefficient (Wildman–Crippen LogP) is 1.62. The topological polar surface area (TPSA) is 74.3 Å². The van der Waals surface area contributed by atoms with Crippen molar-refractivity contribution < 1.29 is 9.59 Å². The normalized spacial score (nSPS) is 18.4. The van der Waals surface area contributed by atoms with Gasteiger partial charge >= 0.3 is 0 Å². The molecule has 6 nitrogen and oxygen atoms in total. The Morgan fingerprint density at radius 2 is 2.19 bits per heavy atom. The van der Waals surface area contributed by atoms with E-state index < -0.39 is 0 Å². The summed E-state index contributed by atoms with van der Waals surface area (Å²) in [5.41, 5.74) is 0.724. The molecule has 1 aromatic rings. The average Bonchev–Trinajstić information content (AvgIpc) is 2.86. The van der Waals surface area contributed by atoms with Crippen molar-refractivity contribution in [3.05, 3.63) is 10.6 Å². The molecule has 21 heavy (non-hydrogen) atoms. The Morgan fingerprint density at radius 3 is 2.86 bits per heavy atom. The first-order chi connectivity index (χ1) is 10.1. The summed E-state index contributed by atoms with van der Waals surface area (Å²) < 4.78 is 0. The Labute approximate surface area is 128 Å². The lowest BCUT2D eigenvalue weighted by Gasteiger charge is -2.34. The van der Waals surface area contributed by atoms with Crippen LogP contribution >= 0.6 is 11.3 Å². The molecule has 0 saturated carbocycles. The molecular weight excluding hydrogens is 288 g/mol. The van der Waals surface area contributed by atoms with Crippen molar-refractivity contribution in [2.24, 2.45) is 0 Å². The van der Waals surface area contributed by atoms with Crippen molar-refractivity contribution in [3.8, 4) is 0 Å². The van der Waals surface area contributed by atoms with Gasteiger partial charge in [0.2, 0.25) is 5.91 Å². The molecule has 1 atom stereocenters. The zero-order valence-electron chi connectivity index (χ0n) is 12.7. The van der Waals surface area contributed by atoms with Gasteiger partial charge in [0.05, 0.1) is 5.69 Å². The zero-order chi connectivity index (χ0) is 15.4. The van der Waals surface area contributed by atoms with Gasteiger partial charge in [0.25, 0.3) is 5.91 Å². The number of hydrogen-bond donors (Lipinski definition) is 2. The van der Waals surface area contributed by atoms with Crippen molar-refractivity contribution in [2.45, 2.75) is 39.2 Å². The molecular formula is C14H22N4O2S. The Bertz CT molecular complexity index is 529. The number of piperidine rings is 1. The fraction of sp³-hybridized carbons (Fsp3) is 0.643. The third kappa shape index (κ3) is 3.34. The van der Waals surface area contributed by atoms with Crippen molar-refractivity contribution in [1.82, 2.24) is 15.2 Å². The van der Waals surface area contributed by atoms with E-state index in [-0.39, 0.29) is 17.9 Å². The molecule has 0 unspecified atom stereocenters. The third-order valence-corrected chi connectivity index (χ3v) is 4.73. The lowest BCUT2D eigenvalue weighted by Crippen LogP contribution is -2.51. The minimum atomic E-state index is -0.361. The number of thiazole rings is 1. The van der Waals surface area contributed by atoms with E-state index in [4.69, 9.17) is 0 Å². The Balaban J connectivity index is 2.22. The van der Waals surface area contributed by atoms with E-state index in [9.17, 15) is 9.59 Å². The third-order valence-electron chi connectivity index (χ3n) is 3.63. The Morgan fingerprint density at radius 1 is 1.43 bits per heavy atom. The first kappa shape index (κ1) is 15.8. The summed E-state index contributed by atoms with van der Waals surface area (Å²) in [6, 6.07) is -0.361. The zero-order valence-corrected chi connectivity index (χ0v) is 13.5. The van der Waals surface area contributed by atoms with E-state index in [2.05, 4.69) is 15.6 Å². The number of likely N-dealkylation sites (tertiary alicyclic amines) is 1. The molecule has 2 heterocycles. The number of nitrogens with zero attached hydrogens (tertiary/aromatic N) is 2. The van der Waals surface area contributed by atoms with Gasteiger partial charge in [-0.1, -0.05) is 11.3 Å². The summed E-state index contributed by atoms with van der Waals surface area (Å²) >= 11 is 1.36. The van der Waals surface area contributed by atoms with Gasteiger partial charge in [-0.25, -0.2) is 4.98 Å². The molecule has 1 aromatic heterocycles. The van der Waals surface area contributed by atoms with Crippen LogP contribution in [0, 0.1) is 6.92 Å². The second-order valence-electron chi connectivity index (χ2n) is 5.09. The summed E-state index contributed by atoms with van der Waals surface area (Å²) in [5.74, 6) is -0.167. The molecule has 116 valence electrons. The highest BCUT2D eigenvalue weighted by Gasteiger charge is 2.33. The van der Waals surface area contributed by atoms with Crippen molar-refractivity contribution in [2.75, 3.05) is 25.5 Å². The van der Waals surface area contributed by atoms with Crippen LogP contribution in [0.15, 0.2) is 0 Å². The summed E-state index contributed by atoms with van der Waals surface area (Å²) in [6.45, 7) is 5.23. The van der Waals surface area contributed by atoms with Crippen LogP contribution in [0.5, 0.6) is 0 Å². The highest BCUT2D eigenvalue weighted by molar-refractivity contribution is 7.17. The van der Waals surface area contributed by atoms with E-state index in [0.717, 1.165) is 36.6 Å². The van der Waals surface area contributed by atoms with Crippen LogP contribution in [0.3, 0.4) is 0 Å². The standard InChI is InChI=1S/C14H22N4O2S/c1-4-16-14-17-9(2)11(21-14)13(20)18-8-6-5-7-10(18)12(19)15-3/h10H,4-8H2,1-3H3,(H,15,19)(H,16,17)/t10-/m0/s1. The maximum atomic E-state index is 12.8. The van der Waals surface area contributed by atoms with Crippen LogP contribution in [0.1, 0.15) is 41.6 Å². The van der Waals surface area contributed by atoms with Gasteiger partial charge in [-0.05, 0) is 33.1 Å². The maximum absolute atomic E-state index is 12.8. The number of carbonyl (C=O) groups excluding carboxylic acids is 2. The summed E-state index contributed by atoms with van der Waals surface area (Å²) in [6.07, 6.45) is 2.65. The monoisotopic (exact) mass is 310 g/mol. The summed E-state index contributed by atoms with van der Waals surface area (Å²) in [7, 11) is 1.61. The molecule has 0 aliphatic carbocycles. The number of carbonyl (C=O) groups is 2. The lowest BCUT2D eigenvalue weighted by atomic mass is 10.0. The quantitative estimate of drug-likeness (QED) is 0.886. The molecule has 0 aromatic carbocycles. The van der Waals surface area contributed by atoms with Gasteiger partial charge < -0.3 is 15.5 Å². The van der Waals surface area contributed by atoms with E-state index in [0.29, 0.717) is 11.4 Å². The SMILES string of the molecule is CCNc1nc(C)c(C(=O)N2CCCC[C@H]2C(=O)NC)s1. The van der Waals surface area contributed by atoms with Crippen molar-refractivity contribution in [3.63, 3.8) is 0 Å². The minimum absolute atomic E-state index is 0.0811. The van der Waals surface area contributed by atoms with E-state index in [1.165, 1.54) is 11.3 Å². The fourth-order valence-electron chi connectivity index (χ4n) is 2.57. The Kier molecular flexibility index (Phi) is 5.17. The van der Waals surface area contributed by atoms with Crippen LogP contribution in [-0.2, 0) is 4.79 Å². The molecule has 2 N–H and O–H groups in total. The lowest BCUT2D eigenvalue weighted by molar-refractivity contribution is -0.126. The molecule has 0 bridgehead atoms. The van der Waals surface area contributed by atoms with Crippen LogP contribution in [-0.4, -0.2) is 47.9 Å². The van der Waals surface area contributed by atoms with Gasteiger partial charge in [-0.15, -0.1) is 0 Å². The van der Waals surface area contributed by atoms with E-state index in [1.807, 2.05) is 13.8 Å². The van der Waals surface area contributed by atoms with Crippen molar-refractivity contribution >= 4 is 28.3 Å². The number of amides is 2. The molecule has 1 aliphatic rings. The second kappa shape index (κ2) is 6.89. The smallest absolute Gasteiger partial charge is 0.266 e. The number of rotatable bonds is 4. The predicted molar refractivity (Wildman–Crippen MR) is 83.8 cm³/mol. The van der Waals surface area contributed by atoms with E-state index in [1.54, 1.807) is 11.9 Å². The minimum Gasteiger partial charge on any atom is -0.362 e. The number of hydrogen-bond acceptors (Lipinski definition) is 5. The van der Waals surface area contributed by atoms with Crippen LogP contribution in [0.25, 0.3) is 0 Å². The van der Waals surface area contributed by atoms with Gasteiger partial charge in [0.15, 0.2) is 5.13 Å². The number of anilines is 1. The number of nitrogens with one attached hydrogen (secondary N) is 2. The second-order valence-corrected chi connectivity index (χ2v) is 6.09. The van der Waals surface area contributed by atoms with E-state index >= 15 is 0 Å². The number of aromatic nitrogens is 1. The van der Waals surface area contributed by atoms with Crippen molar-refractivity contribution in [1.29, 1.82) is 0 Å². The van der Waals surface area contributed by atoms with Crippen LogP contribution < -0.4 is 10.6 Å². The van der Waals surface area contributed by atoms with Gasteiger partial charge in [-0.3, -0.25) is 9.59 Å². The van der Waals surface area contributed by atoms with Crippen LogP contribution in [0.4, 0.5) is 5.13 Å². The molecule has 0 radical (unpaired) electrons. The fourth-order valence-corrected chi connectivity index (χ4v) is 3.56. The summed E-state index contributed by atoms with van der Waals surface area (Å²) in [4.78, 5) is 31.4. The molecule has 1 fully saturated rings. The van der Waals surface area contributed by atoms with Crippen LogP contribution in [0.2, 0.25) is 0 Å². The molecule has 1 saturated heterocycles. The highest BCUT2D eigenvalue weighted by Crippen LogP contribution is 2.27. The van der Waals surface area contributed by atoms with Gasteiger partial charge in [-0.2, -0.15) is 0 Å². The molecule has 1 aliphatic heterocycles. The largest absolute Gasteiger partial charge is 0.362 e. The average molecular weight is 310 g/mol. The van der Waals surface area contributed by atoms with Gasteiger partial charge in [0.1, 0.15) is 10.9 Å². The Hall–Kier alpha value is -1.63. The highest BCUT2D eigenvalue weighted by atomic mass is 32.1. The van der Waals surface area contributed by atoms with Gasteiger partial charge in [0, 0.05) is 20.1 Å². The summed E-state index contributed by atoms with van der Waals surface area (Å²) in [5, 5.41) is 6.54. The molecule has 2 amide bonds. The number of likely N-dealkylation sites (N-methyl/N-ethyl adjacent to an activating group) is 1. The number of aryl methyl sites for hydroxylation is 1. The first-order valence-corrected chi connectivity index (χ1v) is 8.14. The molecule has 7 heteroatoms. The first-order valence-electron chi connectivity index (χ1n) is 7.32. The maximum Gasteiger partial charge on any atom is 0.266 e.